The first-order valence-corrected chi connectivity index (χ1v) is 7.61. The number of halogens is 1. The molecule has 0 atom stereocenters. The van der Waals surface area contributed by atoms with Crippen LogP contribution < -0.4 is 15.4 Å². The van der Waals surface area contributed by atoms with Crippen LogP contribution in [0.4, 0.5) is 15.8 Å². The number of carbonyl (C=O) groups is 1. The Kier molecular flexibility index (Phi) is 5.96. The molecule has 2 N–H and O–H groups in total. The van der Waals surface area contributed by atoms with Gasteiger partial charge in [0.1, 0.15) is 11.6 Å². The van der Waals surface area contributed by atoms with Crippen molar-refractivity contribution < 1.29 is 18.8 Å². The summed E-state index contributed by atoms with van der Waals surface area (Å²) in [5, 5.41) is 15.4. The molecule has 7 nitrogen and oxygen atoms in total. The van der Waals surface area contributed by atoms with Crippen molar-refractivity contribution in [3.63, 3.8) is 0 Å². The standard InChI is InChI=1S/C16H14FN3O4S/c1-2-24-14-6-4-3-5-11(14)15(21)19-16(25)18-13-9-10(20(22)23)7-8-12(13)17/h3-9H,2H2,1H3,(H2,18,19,21,25). The quantitative estimate of drug-likeness (QED) is 0.481. The number of anilines is 1. The molecule has 0 unspecified atom stereocenters. The Bertz CT molecular complexity index is 829. The zero-order valence-electron chi connectivity index (χ0n) is 13.1. The van der Waals surface area contributed by atoms with Crippen molar-refractivity contribution in [1.82, 2.24) is 5.32 Å². The average molecular weight is 363 g/mol. The van der Waals surface area contributed by atoms with Gasteiger partial charge in [0.2, 0.25) is 0 Å². The van der Waals surface area contributed by atoms with E-state index in [-0.39, 0.29) is 22.1 Å². The van der Waals surface area contributed by atoms with Gasteiger partial charge < -0.3 is 10.1 Å². The Hall–Kier alpha value is -3.07. The molecule has 1 amide bonds. The highest BCUT2D eigenvalue weighted by Gasteiger charge is 2.15. The zero-order valence-corrected chi connectivity index (χ0v) is 13.9. The van der Waals surface area contributed by atoms with Crippen LogP contribution in [0.5, 0.6) is 5.75 Å². The largest absolute Gasteiger partial charge is 0.493 e. The van der Waals surface area contributed by atoms with Crippen molar-refractivity contribution >= 4 is 34.6 Å². The summed E-state index contributed by atoms with van der Waals surface area (Å²) >= 11 is 4.97. The maximum Gasteiger partial charge on any atom is 0.271 e. The molecule has 0 aliphatic carbocycles. The first kappa shape index (κ1) is 18.3. The van der Waals surface area contributed by atoms with Crippen LogP contribution in [0.15, 0.2) is 42.5 Å². The molecule has 0 saturated heterocycles. The van der Waals surface area contributed by atoms with E-state index in [0.29, 0.717) is 12.4 Å². The van der Waals surface area contributed by atoms with E-state index in [0.717, 1.165) is 18.2 Å². The van der Waals surface area contributed by atoms with Crippen LogP contribution in [0.1, 0.15) is 17.3 Å². The van der Waals surface area contributed by atoms with Gasteiger partial charge in [-0.15, -0.1) is 0 Å². The summed E-state index contributed by atoms with van der Waals surface area (Å²) in [6.45, 7) is 2.16. The fourth-order valence-corrected chi connectivity index (χ4v) is 2.18. The van der Waals surface area contributed by atoms with E-state index in [2.05, 4.69) is 10.6 Å². The molecule has 25 heavy (non-hydrogen) atoms. The third-order valence-corrected chi connectivity index (χ3v) is 3.27. The number of nitro benzene ring substituents is 1. The summed E-state index contributed by atoms with van der Waals surface area (Å²) in [4.78, 5) is 22.4. The van der Waals surface area contributed by atoms with Crippen molar-refractivity contribution in [2.45, 2.75) is 6.92 Å². The number of thiocarbonyl (C=S) groups is 1. The Labute approximate surface area is 148 Å². The topological polar surface area (TPSA) is 93.5 Å². The fraction of sp³-hybridized carbons (Fsp3) is 0.125. The summed E-state index contributed by atoms with van der Waals surface area (Å²) in [6.07, 6.45) is 0. The molecule has 2 aromatic rings. The highest BCUT2D eigenvalue weighted by molar-refractivity contribution is 7.80. The van der Waals surface area contributed by atoms with E-state index in [1.54, 1.807) is 31.2 Å². The smallest absolute Gasteiger partial charge is 0.271 e. The number of amides is 1. The van der Waals surface area contributed by atoms with Gasteiger partial charge in [-0.2, -0.15) is 0 Å². The summed E-state index contributed by atoms with van der Waals surface area (Å²) in [7, 11) is 0. The minimum Gasteiger partial charge on any atom is -0.493 e. The lowest BCUT2D eigenvalue weighted by molar-refractivity contribution is -0.384. The second-order valence-corrected chi connectivity index (χ2v) is 5.17. The van der Waals surface area contributed by atoms with Crippen LogP contribution in [0.2, 0.25) is 0 Å². The molecule has 0 bridgehead atoms. The second-order valence-electron chi connectivity index (χ2n) is 4.76. The molecule has 130 valence electrons. The first-order valence-electron chi connectivity index (χ1n) is 7.20. The van der Waals surface area contributed by atoms with Crippen molar-refractivity contribution in [2.24, 2.45) is 0 Å². The number of nitro groups is 1. The maximum atomic E-state index is 13.7. The number of hydrogen-bond donors (Lipinski definition) is 2. The van der Waals surface area contributed by atoms with E-state index in [1.165, 1.54) is 0 Å². The SMILES string of the molecule is CCOc1ccccc1C(=O)NC(=S)Nc1cc([N+](=O)[O-])ccc1F. The number of nitrogens with one attached hydrogen (secondary N) is 2. The minimum atomic E-state index is -0.739. The van der Waals surface area contributed by atoms with Gasteiger partial charge in [-0.05, 0) is 37.3 Å². The fourth-order valence-electron chi connectivity index (χ4n) is 1.98. The third kappa shape index (κ3) is 4.70. The van der Waals surface area contributed by atoms with Crippen LogP contribution in [0.3, 0.4) is 0 Å². The van der Waals surface area contributed by atoms with Gasteiger partial charge in [-0.25, -0.2) is 4.39 Å². The summed E-state index contributed by atoms with van der Waals surface area (Å²) in [5.74, 6) is -0.906. The number of para-hydroxylation sites is 1. The van der Waals surface area contributed by atoms with Crippen molar-refractivity contribution in [3.8, 4) is 5.75 Å². The van der Waals surface area contributed by atoms with Crippen molar-refractivity contribution in [1.29, 1.82) is 0 Å². The number of benzene rings is 2. The van der Waals surface area contributed by atoms with Crippen LogP contribution >= 0.6 is 12.2 Å². The van der Waals surface area contributed by atoms with Gasteiger partial charge in [-0.3, -0.25) is 20.2 Å². The molecule has 2 aromatic carbocycles. The van der Waals surface area contributed by atoms with Gasteiger partial charge >= 0.3 is 0 Å². The molecule has 0 saturated carbocycles. The van der Waals surface area contributed by atoms with E-state index >= 15 is 0 Å². The molecule has 2 rings (SSSR count). The van der Waals surface area contributed by atoms with Crippen LogP contribution in [0, 0.1) is 15.9 Å². The number of nitrogens with zero attached hydrogens (tertiary/aromatic N) is 1. The molecule has 0 fully saturated rings. The Morgan fingerprint density at radius 1 is 1.32 bits per heavy atom. The maximum absolute atomic E-state index is 13.7. The van der Waals surface area contributed by atoms with E-state index < -0.39 is 16.6 Å². The number of carbonyl (C=O) groups excluding carboxylic acids is 1. The normalized spacial score (nSPS) is 10.0. The Morgan fingerprint density at radius 3 is 2.72 bits per heavy atom. The Balaban J connectivity index is 2.12. The number of hydrogen-bond acceptors (Lipinski definition) is 5. The van der Waals surface area contributed by atoms with Crippen LogP contribution in [0.25, 0.3) is 0 Å². The van der Waals surface area contributed by atoms with Crippen molar-refractivity contribution in [2.75, 3.05) is 11.9 Å². The lowest BCUT2D eigenvalue weighted by Crippen LogP contribution is -2.34. The molecule has 9 heteroatoms. The van der Waals surface area contributed by atoms with Gasteiger partial charge in [0.05, 0.1) is 22.8 Å². The van der Waals surface area contributed by atoms with Crippen LogP contribution in [-0.2, 0) is 0 Å². The molecule has 0 radical (unpaired) electrons. The number of ether oxygens (including phenoxy) is 1. The van der Waals surface area contributed by atoms with E-state index in [9.17, 15) is 19.3 Å². The summed E-state index contributed by atoms with van der Waals surface area (Å²) < 4.78 is 19.1. The number of rotatable bonds is 5. The molecule has 0 aromatic heterocycles. The monoisotopic (exact) mass is 363 g/mol. The molecule has 0 aliphatic heterocycles. The predicted octanol–water partition coefficient (Wildman–Crippen LogP) is 3.26. The third-order valence-electron chi connectivity index (χ3n) is 3.07. The molecule has 0 spiro atoms. The lowest BCUT2D eigenvalue weighted by Gasteiger charge is -2.12. The molecular formula is C16H14FN3O4S. The lowest BCUT2D eigenvalue weighted by atomic mass is 10.2. The number of non-ortho nitro benzene ring substituents is 1. The van der Waals surface area contributed by atoms with Crippen LogP contribution in [-0.4, -0.2) is 22.5 Å². The van der Waals surface area contributed by atoms with Crippen molar-refractivity contribution in [3.05, 3.63) is 64.0 Å². The van der Waals surface area contributed by atoms with Gasteiger partial charge in [0.25, 0.3) is 11.6 Å². The molecule has 0 aliphatic rings. The zero-order chi connectivity index (χ0) is 18.4. The van der Waals surface area contributed by atoms with Gasteiger partial charge in [0.15, 0.2) is 5.11 Å². The second kappa shape index (κ2) is 8.15. The van der Waals surface area contributed by atoms with E-state index in [1.807, 2.05) is 0 Å². The first-order chi connectivity index (χ1) is 11.9. The highest BCUT2D eigenvalue weighted by atomic mass is 32.1. The highest BCUT2D eigenvalue weighted by Crippen LogP contribution is 2.21. The molecular weight excluding hydrogens is 349 g/mol. The summed E-state index contributed by atoms with van der Waals surface area (Å²) in [6, 6.07) is 9.52. The molecule has 0 heterocycles. The van der Waals surface area contributed by atoms with E-state index in [4.69, 9.17) is 17.0 Å². The minimum absolute atomic E-state index is 0.198. The van der Waals surface area contributed by atoms with Gasteiger partial charge in [-0.1, -0.05) is 12.1 Å². The summed E-state index contributed by atoms with van der Waals surface area (Å²) in [5.41, 5.74) is -0.259. The Morgan fingerprint density at radius 2 is 2.04 bits per heavy atom. The average Bonchev–Trinajstić information content (AvgIpc) is 2.57. The van der Waals surface area contributed by atoms with Gasteiger partial charge in [0, 0.05) is 12.1 Å². The predicted molar refractivity (Wildman–Crippen MR) is 94.4 cm³/mol.